The van der Waals surface area contributed by atoms with Crippen LogP contribution in [-0.4, -0.2) is 32.8 Å². The quantitative estimate of drug-likeness (QED) is 0.824. The molecule has 2 N–H and O–H groups in total. The van der Waals surface area contributed by atoms with Crippen LogP contribution in [0.15, 0.2) is 47.3 Å². The summed E-state index contributed by atoms with van der Waals surface area (Å²) in [7, 11) is 0. The third kappa shape index (κ3) is 4.77. The molecule has 0 fully saturated rings. The van der Waals surface area contributed by atoms with Crippen molar-refractivity contribution in [2.24, 2.45) is 0 Å². The van der Waals surface area contributed by atoms with Crippen molar-refractivity contribution in [3.05, 3.63) is 52.8 Å². The first-order chi connectivity index (χ1) is 11.0. The highest BCUT2D eigenvalue weighted by atomic mass is 16.4. The van der Waals surface area contributed by atoms with Crippen molar-refractivity contribution in [1.29, 1.82) is 0 Å². The SMILES string of the molecule is CC(CC(=O)O)NC(=O)Cn1nc(-c2ccccc2)ccc1=O. The van der Waals surface area contributed by atoms with Crippen LogP contribution in [0.2, 0.25) is 0 Å². The van der Waals surface area contributed by atoms with Crippen LogP contribution in [0.4, 0.5) is 0 Å². The highest BCUT2D eigenvalue weighted by Crippen LogP contribution is 2.13. The van der Waals surface area contributed by atoms with Crippen molar-refractivity contribution in [1.82, 2.24) is 15.1 Å². The lowest BCUT2D eigenvalue weighted by Gasteiger charge is -2.12. The zero-order chi connectivity index (χ0) is 16.8. The van der Waals surface area contributed by atoms with Crippen LogP contribution in [0, 0.1) is 0 Å². The number of amides is 1. The summed E-state index contributed by atoms with van der Waals surface area (Å²) in [4.78, 5) is 34.3. The number of carboxylic acid groups (broad SMARTS) is 1. The van der Waals surface area contributed by atoms with Crippen LogP contribution in [-0.2, 0) is 16.1 Å². The maximum absolute atomic E-state index is 11.9. The number of hydrogen-bond acceptors (Lipinski definition) is 4. The largest absolute Gasteiger partial charge is 0.481 e. The van der Waals surface area contributed by atoms with E-state index < -0.39 is 23.5 Å². The maximum atomic E-state index is 11.9. The molecule has 1 heterocycles. The second kappa shape index (κ2) is 7.35. The van der Waals surface area contributed by atoms with E-state index in [-0.39, 0.29) is 13.0 Å². The minimum atomic E-state index is -1.00. The number of rotatable bonds is 6. The van der Waals surface area contributed by atoms with Crippen LogP contribution in [0.1, 0.15) is 13.3 Å². The number of aromatic nitrogens is 2. The molecule has 0 aliphatic heterocycles. The van der Waals surface area contributed by atoms with Crippen LogP contribution < -0.4 is 10.9 Å². The molecule has 7 heteroatoms. The molecule has 0 radical (unpaired) electrons. The van der Waals surface area contributed by atoms with E-state index in [2.05, 4.69) is 10.4 Å². The Kier molecular flexibility index (Phi) is 5.24. The van der Waals surface area contributed by atoms with E-state index in [1.807, 2.05) is 30.3 Å². The highest BCUT2D eigenvalue weighted by molar-refractivity contribution is 5.77. The summed E-state index contributed by atoms with van der Waals surface area (Å²) in [6.45, 7) is 1.33. The predicted octanol–water partition coefficient (Wildman–Crippen LogP) is 0.890. The minimum absolute atomic E-state index is 0.182. The van der Waals surface area contributed by atoms with Crippen LogP contribution in [0.3, 0.4) is 0 Å². The second-order valence-corrected chi connectivity index (χ2v) is 5.15. The Bertz CT molecular complexity index is 755. The number of aliphatic carboxylic acids is 1. The summed E-state index contributed by atoms with van der Waals surface area (Å²) < 4.78 is 1.06. The van der Waals surface area contributed by atoms with Gasteiger partial charge in [0.15, 0.2) is 0 Å². The summed E-state index contributed by atoms with van der Waals surface area (Å²) in [5.74, 6) is -1.46. The Morgan fingerprint density at radius 3 is 2.57 bits per heavy atom. The van der Waals surface area contributed by atoms with Crippen molar-refractivity contribution < 1.29 is 14.7 Å². The van der Waals surface area contributed by atoms with Gasteiger partial charge in [0.25, 0.3) is 5.56 Å². The molecule has 2 aromatic rings. The van der Waals surface area contributed by atoms with Crippen LogP contribution in [0.5, 0.6) is 0 Å². The lowest BCUT2D eigenvalue weighted by Crippen LogP contribution is -2.39. The van der Waals surface area contributed by atoms with Crippen molar-refractivity contribution in [2.75, 3.05) is 0 Å². The molecule has 1 amide bonds. The first-order valence-electron chi connectivity index (χ1n) is 7.10. The molecule has 0 aliphatic carbocycles. The monoisotopic (exact) mass is 315 g/mol. The molecule has 7 nitrogen and oxygen atoms in total. The van der Waals surface area contributed by atoms with Gasteiger partial charge in [-0.1, -0.05) is 30.3 Å². The molecule has 0 bridgehead atoms. The van der Waals surface area contributed by atoms with Gasteiger partial charge in [-0.05, 0) is 13.0 Å². The Balaban J connectivity index is 2.12. The predicted molar refractivity (Wildman–Crippen MR) is 83.8 cm³/mol. The Morgan fingerprint density at radius 1 is 1.22 bits per heavy atom. The number of nitrogens with zero attached hydrogens (tertiary/aromatic N) is 2. The number of benzene rings is 1. The number of carbonyl (C=O) groups is 2. The Hall–Kier alpha value is -2.96. The maximum Gasteiger partial charge on any atom is 0.305 e. The lowest BCUT2D eigenvalue weighted by molar-refractivity contribution is -0.137. The van der Waals surface area contributed by atoms with Crippen molar-refractivity contribution in [2.45, 2.75) is 25.9 Å². The molecule has 23 heavy (non-hydrogen) atoms. The van der Waals surface area contributed by atoms with E-state index in [1.54, 1.807) is 13.0 Å². The number of carboxylic acids is 1. The van der Waals surface area contributed by atoms with E-state index in [1.165, 1.54) is 6.07 Å². The summed E-state index contributed by atoms with van der Waals surface area (Å²) in [6.07, 6.45) is -0.182. The molecule has 0 saturated heterocycles. The molecule has 0 spiro atoms. The zero-order valence-corrected chi connectivity index (χ0v) is 12.6. The minimum Gasteiger partial charge on any atom is -0.481 e. The lowest BCUT2D eigenvalue weighted by atomic mass is 10.1. The van der Waals surface area contributed by atoms with Gasteiger partial charge in [-0.25, -0.2) is 4.68 Å². The van der Waals surface area contributed by atoms with Crippen molar-refractivity contribution in [3.8, 4) is 11.3 Å². The van der Waals surface area contributed by atoms with Gasteiger partial charge in [0.2, 0.25) is 5.91 Å². The zero-order valence-electron chi connectivity index (χ0n) is 12.6. The average molecular weight is 315 g/mol. The fourth-order valence-corrected chi connectivity index (χ4v) is 2.09. The molecule has 2 rings (SSSR count). The van der Waals surface area contributed by atoms with Gasteiger partial charge in [0, 0.05) is 17.7 Å². The smallest absolute Gasteiger partial charge is 0.305 e. The molecule has 1 unspecified atom stereocenters. The normalized spacial score (nSPS) is 11.7. The summed E-state index contributed by atoms with van der Waals surface area (Å²) in [5.41, 5.74) is 1.02. The fraction of sp³-hybridized carbons (Fsp3) is 0.250. The van der Waals surface area contributed by atoms with E-state index >= 15 is 0 Å². The molecule has 0 saturated carbocycles. The summed E-state index contributed by atoms with van der Waals surface area (Å²) in [5, 5.41) is 15.4. The molecule has 0 aliphatic rings. The molecule has 120 valence electrons. The van der Waals surface area contributed by atoms with Gasteiger partial charge in [0.05, 0.1) is 12.1 Å². The van der Waals surface area contributed by atoms with E-state index in [0.717, 1.165) is 10.2 Å². The van der Waals surface area contributed by atoms with Crippen LogP contribution in [0.25, 0.3) is 11.3 Å². The third-order valence-electron chi connectivity index (χ3n) is 3.12. The van der Waals surface area contributed by atoms with Gasteiger partial charge in [-0.3, -0.25) is 14.4 Å². The second-order valence-electron chi connectivity index (χ2n) is 5.15. The standard InChI is InChI=1S/C16H17N3O4/c1-11(9-16(22)23)17-14(20)10-19-15(21)8-7-13(18-19)12-5-3-2-4-6-12/h2-8,11H,9-10H2,1H3,(H,17,20)(H,22,23). The van der Waals surface area contributed by atoms with Crippen molar-refractivity contribution in [3.63, 3.8) is 0 Å². The van der Waals surface area contributed by atoms with Gasteiger partial charge >= 0.3 is 5.97 Å². The number of nitrogens with one attached hydrogen (secondary N) is 1. The molecule has 1 atom stereocenters. The number of hydrogen-bond donors (Lipinski definition) is 2. The first kappa shape index (κ1) is 16.4. The van der Waals surface area contributed by atoms with E-state index in [9.17, 15) is 14.4 Å². The topological polar surface area (TPSA) is 101 Å². The Morgan fingerprint density at radius 2 is 1.91 bits per heavy atom. The van der Waals surface area contributed by atoms with E-state index in [0.29, 0.717) is 5.69 Å². The fourth-order valence-electron chi connectivity index (χ4n) is 2.09. The van der Waals surface area contributed by atoms with Crippen LogP contribution >= 0.6 is 0 Å². The van der Waals surface area contributed by atoms with Gasteiger partial charge in [0.1, 0.15) is 6.54 Å². The molecular formula is C16H17N3O4. The third-order valence-corrected chi connectivity index (χ3v) is 3.12. The Labute approximate surface area is 132 Å². The van der Waals surface area contributed by atoms with Gasteiger partial charge in [-0.15, -0.1) is 0 Å². The van der Waals surface area contributed by atoms with Gasteiger partial charge in [-0.2, -0.15) is 5.10 Å². The number of carbonyl (C=O) groups excluding carboxylic acids is 1. The first-order valence-corrected chi connectivity index (χ1v) is 7.10. The molecular weight excluding hydrogens is 298 g/mol. The average Bonchev–Trinajstić information content (AvgIpc) is 2.49. The molecule has 1 aromatic carbocycles. The highest BCUT2D eigenvalue weighted by Gasteiger charge is 2.13. The molecule has 1 aromatic heterocycles. The van der Waals surface area contributed by atoms with E-state index in [4.69, 9.17) is 5.11 Å². The van der Waals surface area contributed by atoms with Crippen molar-refractivity contribution >= 4 is 11.9 Å². The summed E-state index contributed by atoms with van der Waals surface area (Å²) >= 11 is 0. The van der Waals surface area contributed by atoms with Gasteiger partial charge < -0.3 is 10.4 Å². The summed E-state index contributed by atoms with van der Waals surface area (Å²) in [6, 6.07) is 11.7.